The van der Waals surface area contributed by atoms with Crippen LogP contribution >= 0.6 is 0 Å². The molecule has 5 rings (SSSR count). The number of carbonyl (C=O) groups is 1. The molecule has 0 atom stereocenters. The van der Waals surface area contributed by atoms with Gasteiger partial charge in [-0.25, -0.2) is 9.97 Å². The third kappa shape index (κ3) is 5.48. The summed E-state index contributed by atoms with van der Waals surface area (Å²) in [5.74, 6) is 1.85. The van der Waals surface area contributed by atoms with E-state index in [1.54, 1.807) is 13.2 Å². The summed E-state index contributed by atoms with van der Waals surface area (Å²) in [4.78, 5) is 20.5. The summed E-state index contributed by atoms with van der Waals surface area (Å²) >= 11 is 0. The first kappa shape index (κ1) is 24.1. The molecule has 3 aromatic carbocycles. The molecule has 0 unspecified atom stereocenters. The second-order valence-electron chi connectivity index (χ2n) is 8.68. The molecule has 188 valence electrons. The van der Waals surface area contributed by atoms with Crippen LogP contribution in [0.1, 0.15) is 23.5 Å². The smallest absolute Gasteiger partial charge is 0.303 e. The normalized spacial score (nSPS) is 11.1. The van der Waals surface area contributed by atoms with Crippen LogP contribution in [0.15, 0.2) is 72.8 Å². The first-order chi connectivity index (χ1) is 18.0. The maximum Gasteiger partial charge on any atom is 0.303 e. The predicted molar refractivity (Wildman–Crippen MR) is 140 cm³/mol. The summed E-state index contributed by atoms with van der Waals surface area (Å²) in [6.45, 7) is 0.509. The number of benzene rings is 3. The Morgan fingerprint density at radius 2 is 1.73 bits per heavy atom. The molecule has 0 spiro atoms. The number of methoxy groups -OCH3 is 1. The number of carboxylic acids is 1. The van der Waals surface area contributed by atoms with Gasteiger partial charge in [-0.1, -0.05) is 30.3 Å². The van der Waals surface area contributed by atoms with Crippen LogP contribution < -0.4 is 14.2 Å². The van der Waals surface area contributed by atoms with E-state index in [-0.39, 0.29) is 19.6 Å². The lowest BCUT2D eigenvalue weighted by Gasteiger charge is -2.14. The zero-order valence-electron chi connectivity index (χ0n) is 20.7. The summed E-state index contributed by atoms with van der Waals surface area (Å²) in [6, 6.07) is 23.0. The van der Waals surface area contributed by atoms with Crippen molar-refractivity contribution in [1.29, 1.82) is 0 Å². The highest BCUT2D eigenvalue weighted by Gasteiger charge is 2.13. The molecule has 8 nitrogen and oxygen atoms in total. The van der Waals surface area contributed by atoms with Gasteiger partial charge in [-0.05, 0) is 42.3 Å². The molecule has 0 bridgehead atoms. The van der Waals surface area contributed by atoms with Crippen LogP contribution in [-0.4, -0.2) is 32.7 Å². The highest BCUT2D eigenvalue weighted by Crippen LogP contribution is 2.28. The second kappa shape index (κ2) is 10.6. The zero-order chi connectivity index (χ0) is 25.8. The van der Waals surface area contributed by atoms with Crippen LogP contribution in [0.4, 0.5) is 0 Å². The topological polar surface area (TPSA) is 95.7 Å². The van der Waals surface area contributed by atoms with Gasteiger partial charge in [-0.3, -0.25) is 4.79 Å². The van der Waals surface area contributed by atoms with Gasteiger partial charge in [-0.15, -0.1) is 0 Å². The number of aryl methyl sites for hydroxylation is 2. The van der Waals surface area contributed by atoms with Crippen LogP contribution in [0.5, 0.6) is 17.2 Å². The van der Waals surface area contributed by atoms with Crippen LogP contribution in [0.25, 0.3) is 21.9 Å². The Morgan fingerprint density at radius 3 is 2.57 bits per heavy atom. The van der Waals surface area contributed by atoms with Gasteiger partial charge in [-0.2, -0.15) is 0 Å². The number of aromatic nitrogens is 3. The molecule has 0 amide bonds. The molecule has 37 heavy (non-hydrogen) atoms. The van der Waals surface area contributed by atoms with Crippen molar-refractivity contribution in [2.45, 2.75) is 26.1 Å². The zero-order valence-corrected chi connectivity index (χ0v) is 20.7. The molecule has 0 aliphatic heterocycles. The van der Waals surface area contributed by atoms with E-state index in [1.165, 1.54) is 0 Å². The number of rotatable bonds is 10. The number of imidazole rings is 1. The fraction of sp³-hybridized carbons (Fsp3) is 0.207. The van der Waals surface area contributed by atoms with Crippen LogP contribution in [0, 0.1) is 0 Å². The number of aliphatic carboxylic acids is 1. The lowest BCUT2D eigenvalue weighted by Crippen LogP contribution is -2.05. The van der Waals surface area contributed by atoms with Gasteiger partial charge < -0.3 is 23.9 Å². The number of fused-ring (bicyclic) bond motifs is 2. The Hall–Kier alpha value is -4.59. The first-order valence-electron chi connectivity index (χ1n) is 11.9. The molecular formula is C29H27N3O5. The molecule has 8 heteroatoms. The standard InChI is InChI=1S/C29H27N3O5/c1-32-26-15-22(35-2)12-13-25(26)31-28(32)18-36-23-11-8-20(9-14-29(33)34)27(16-23)37-17-21-10-7-19-5-3-4-6-24(19)30-21/h3-8,10-13,15-16H,9,14,17-18H2,1-2H3,(H,33,34). The van der Waals surface area contributed by atoms with E-state index in [4.69, 9.17) is 19.3 Å². The Morgan fingerprint density at radius 1 is 0.892 bits per heavy atom. The van der Waals surface area contributed by atoms with Crippen LogP contribution in [0.2, 0.25) is 0 Å². The molecule has 0 radical (unpaired) electrons. The van der Waals surface area contributed by atoms with Crippen molar-refractivity contribution in [3.63, 3.8) is 0 Å². The number of pyridine rings is 1. The monoisotopic (exact) mass is 497 g/mol. The van der Waals surface area contributed by atoms with Gasteiger partial charge in [0, 0.05) is 31.0 Å². The summed E-state index contributed by atoms with van der Waals surface area (Å²) in [7, 11) is 3.57. The summed E-state index contributed by atoms with van der Waals surface area (Å²) in [5, 5.41) is 10.2. The van der Waals surface area contributed by atoms with Crippen molar-refractivity contribution in [2.75, 3.05) is 7.11 Å². The highest BCUT2D eigenvalue weighted by atomic mass is 16.5. The number of carboxylic acid groups (broad SMARTS) is 1. The van der Waals surface area contributed by atoms with E-state index in [1.807, 2.05) is 78.3 Å². The number of hydrogen-bond acceptors (Lipinski definition) is 6. The second-order valence-corrected chi connectivity index (χ2v) is 8.68. The fourth-order valence-corrected chi connectivity index (χ4v) is 4.17. The van der Waals surface area contributed by atoms with E-state index in [0.29, 0.717) is 17.9 Å². The molecule has 0 saturated carbocycles. The van der Waals surface area contributed by atoms with Crippen molar-refractivity contribution in [3.8, 4) is 17.2 Å². The molecule has 2 heterocycles. The van der Waals surface area contributed by atoms with Crippen molar-refractivity contribution in [3.05, 3.63) is 89.9 Å². The molecule has 1 N–H and O–H groups in total. The highest BCUT2D eigenvalue weighted by molar-refractivity contribution is 5.78. The Bertz CT molecular complexity index is 1580. The van der Waals surface area contributed by atoms with E-state index >= 15 is 0 Å². The summed E-state index contributed by atoms with van der Waals surface area (Å²) in [5.41, 5.74) is 4.29. The predicted octanol–water partition coefficient (Wildman–Crippen LogP) is 5.31. The lowest BCUT2D eigenvalue weighted by atomic mass is 10.1. The maximum atomic E-state index is 11.2. The SMILES string of the molecule is COc1ccc2nc(COc3ccc(CCC(=O)O)c(OCc4ccc5ccccc5n4)c3)n(C)c2c1. The number of ether oxygens (including phenoxy) is 3. The maximum absolute atomic E-state index is 11.2. The van der Waals surface area contributed by atoms with Gasteiger partial charge in [0.15, 0.2) is 0 Å². The van der Waals surface area contributed by atoms with Crippen LogP contribution in [0.3, 0.4) is 0 Å². The van der Waals surface area contributed by atoms with E-state index in [9.17, 15) is 4.79 Å². The first-order valence-corrected chi connectivity index (χ1v) is 11.9. The summed E-state index contributed by atoms with van der Waals surface area (Å²) in [6.07, 6.45) is 0.358. The van der Waals surface area contributed by atoms with E-state index in [0.717, 1.165) is 44.8 Å². The quantitative estimate of drug-likeness (QED) is 0.280. The number of nitrogens with zero attached hydrogens (tertiary/aromatic N) is 3. The van der Waals surface area contributed by atoms with Crippen molar-refractivity contribution < 1.29 is 24.1 Å². The molecule has 5 aromatic rings. The minimum absolute atomic E-state index is 0.00805. The Balaban J connectivity index is 1.34. The van der Waals surface area contributed by atoms with Crippen molar-refractivity contribution in [1.82, 2.24) is 14.5 Å². The minimum Gasteiger partial charge on any atom is -0.497 e. The molecule has 0 aliphatic carbocycles. The lowest BCUT2D eigenvalue weighted by molar-refractivity contribution is -0.136. The third-order valence-corrected chi connectivity index (χ3v) is 6.23. The number of hydrogen-bond donors (Lipinski definition) is 1. The largest absolute Gasteiger partial charge is 0.497 e. The van der Waals surface area contributed by atoms with Gasteiger partial charge in [0.1, 0.15) is 36.3 Å². The van der Waals surface area contributed by atoms with E-state index < -0.39 is 5.97 Å². The van der Waals surface area contributed by atoms with E-state index in [2.05, 4.69) is 9.97 Å². The average Bonchev–Trinajstić information content (AvgIpc) is 3.24. The van der Waals surface area contributed by atoms with Crippen molar-refractivity contribution >= 4 is 27.9 Å². The van der Waals surface area contributed by atoms with Gasteiger partial charge in [0.2, 0.25) is 0 Å². The van der Waals surface area contributed by atoms with Crippen LogP contribution in [-0.2, 0) is 31.5 Å². The summed E-state index contributed by atoms with van der Waals surface area (Å²) < 4.78 is 19.5. The number of para-hydroxylation sites is 1. The molecule has 0 saturated heterocycles. The molecule has 0 fully saturated rings. The minimum atomic E-state index is -0.860. The van der Waals surface area contributed by atoms with Gasteiger partial charge >= 0.3 is 5.97 Å². The van der Waals surface area contributed by atoms with Crippen molar-refractivity contribution in [2.24, 2.45) is 7.05 Å². The Labute approximate surface area is 214 Å². The van der Waals surface area contributed by atoms with Gasteiger partial charge in [0.05, 0.1) is 29.4 Å². The third-order valence-electron chi connectivity index (χ3n) is 6.23. The molecule has 2 aromatic heterocycles. The van der Waals surface area contributed by atoms with Gasteiger partial charge in [0.25, 0.3) is 0 Å². The molecule has 0 aliphatic rings. The Kier molecular flexibility index (Phi) is 6.89. The fourth-order valence-electron chi connectivity index (χ4n) is 4.17. The average molecular weight is 498 g/mol. The molecular weight excluding hydrogens is 470 g/mol.